The standard InChI is InChI=1S/C13H26N2O2/c1-12(2,3)9-13(4,5)15-11(16)10-8-17-7-6-14-10/h10,14H,6-9H2,1-5H3,(H,15,16). The number of carbonyl (C=O) groups excluding carboxylic acids is 1. The van der Waals surface area contributed by atoms with Crippen molar-refractivity contribution in [3.8, 4) is 0 Å². The molecule has 1 saturated heterocycles. The normalized spacial score (nSPS) is 22.3. The van der Waals surface area contributed by atoms with E-state index in [2.05, 4.69) is 45.3 Å². The maximum Gasteiger partial charge on any atom is 0.239 e. The van der Waals surface area contributed by atoms with E-state index < -0.39 is 0 Å². The lowest BCUT2D eigenvalue weighted by molar-refractivity contribution is -0.127. The molecule has 0 aromatic carbocycles. The maximum absolute atomic E-state index is 12.0. The number of rotatable bonds is 3. The third-order valence-electron chi connectivity index (χ3n) is 2.67. The van der Waals surface area contributed by atoms with Gasteiger partial charge < -0.3 is 15.4 Å². The van der Waals surface area contributed by atoms with Crippen molar-refractivity contribution < 1.29 is 9.53 Å². The van der Waals surface area contributed by atoms with E-state index in [9.17, 15) is 4.79 Å². The third-order valence-corrected chi connectivity index (χ3v) is 2.67. The summed E-state index contributed by atoms with van der Waals surface area (Å²) in [5.74, 6) is 0.0407. The molecule has 1 fully saturated rings. The van der Waals surface area contributed by atoms with Gasteiger partial charge in [0.15, 0.2) is 0 Å². The van der Waals surface area contributed by atoms with Crippen LogP contribution in [0.15, 0.2) is 0 Å². The van der Waals surface area contributed by atoms with Crippen LogP contribution >= 0.6 is 0 Å². The highest BCUT2D eigenvalue weighted by atomic mass is 16.5. The molecule has 1 aliphatic rings. The number of nitrogens with one attached hydrogen (secondary N) is 2. The van der Waals surface area contributed by atoms with Crippen molar-refractivity contribution in [2.24, 2.45) is 5.41 Å². The van der Waals surface area contributed by atoms with E-state index >= 15 is 0 Å². The lowest BCUT2D eigenvalue weighted by Crippen LogP contribution is -2.56. The minimum Gasteiger partial charge on any atom is -0.378 e. The second-order valence-electron chi connectivity index (χ2n) is 6.69. The van der Waals surface area contributed by atoms with Gasteiger partial charge in [-0.1, -0.05) is 20.8 Å². The molecule has 0 aromatic rings. The summed E-state index contributed by atoms with van der Waals surface area (Å²) in [5, 5.41) is 6.27. The number of ether oxygens (including phenoxy) is 1. The van der Waals surface area contributed by atoms with Gasteiger partial charge in [0.1, 0.15) is 6.04 Å². The highest BCUT2D eigenvalue weighted by Gasteiger charge is 2.30. The Kier molecular flexibility index (Phi) is 4.55. The molecule has 4 heteroatoms. The fourth-order valence-corrected chi connectivity index (χ4v) is 2.52. The first-order chi connectivity index (χ1) is 7.70. The maximum atomic E-state index is 12.0. The molecule has 1 aliphatic heterocycles. The van der Waals surface area contributed by atoms with E-state index in [1.54, 1.807) is 0 Å². The molecule has 0 radical (unpaired) electrons. The topological polar surface area (TPSA) is 50.4 Å². The van der Waals surface area contributed by atoms with Gasteiger partial charge in [-0.3, -0.25) is 4.79 Å². The number of hydrogen-bond donors (Lipinski definition) is 2. The number of morpholine rings is 1. The van der Waals surface area contributed by atoms with Crippen molar-refractivity contribution in [1.82, 2.24) is 10.6 Å². The third kappa shape index (κ3) is 5.50. The minimum absolute atomic E-state index is 0.0407. The van der Waals surface area contributed by atoms with E-state index in [0.717, 1.165) is 13.0 Å². The van der Waals surface area contributed by atoms with Gasteiger partial charge in [-0.25, -0.2) is 0 Å². The number of carbonyl (C=O) groups is 1. The van der Waals surface area contributed by atoms with Crippen molar-refractivity contribution in [1.29, 1.82) is 0 Å². The first-order valence-electron chi connectivity index (χ1n) is 6.33. The second kappa shape index (κ2) is 5.36. The summed E-state index contributed by atoms with van der Waals surface area (Å²) in [5.41, 5.74) is 0.0156. The van der Waals surface area contributed by atoms with Crippen LogP contribution in [0.5, 0.6) is 0 Å². The van der Waals surface area contributed by atoms with Gasteiger partial charge in [-0.2, -0.15) is 0 Å². The minimum atomic E-state index is -0.206. The molecule has 100 valence electrons. The van der Waals surface area contributed by atoms with Crippen LogP contribution in [0.2, 0.25) is 0 Å². The molecule has 2 N–H and O–H groups in total. The summed E-state index contributed by atoms with van der Waals surface area (Å²) in [6.07, 6.45) is 0.944. The van der Waals surface area contributed by atoms with Crippen molar-refractivity contribution in [2.75, 3.05) is 19.8 Å². The molecule has 1 unspecified atom stereocenters. The molecule has 0 bridgehead atoms. The van der Waals surface area contributed by atoms with Crippen LogP contribution in [-0.4, -0.2) is 37.2 Å². The van der Waals surface area contributed by atoms with Gasteiger partial charge in [-0.05, 0) is 25.7 Å². The lowest BCUT2D eigenvalue weighted by atomic mass is 9.81. The second-order valence-corrected chi connectivity index (χ2v) is 6.69. The van der Waals surface area contributed by atoms with Crippen LogP contribution in [0.4, 0.5) is 0 Å². The molecule has 1 rings (SSSR count). The van der Waals surface area contributed by atoms with Crippen molar-refractivity contribution in [2.45, 2.75) is 52.6 Å². The largest absolute Gasteiger partial charge is 0.378 e. The van der Waals surface area contributed by atoms with E-state index in [1.807, 2.05) is 0 Å². The van der Waals surface area contributed by atoms with Crippen LogP contribution in [0.1, 0.15) is 41.0 Å². The average Bonchev–Trinajstić information content (AvgIpc) is 2.14. The van der Waals surface area contributed by atoms with Crippen LogP contribution < -0.4 is 10.6 Å². The lowest BCUT2D eigenvalue weighted by Gasteiger charge is -2.35. The molecule has 0 saturated carbocycles. The first kappa shape index (κ1) is 14.5. The summed E-state index contributed by atoms with van der Waals surface area (Å²) in [6, 6.07) is -0.206. The molecule has 1 atom stereocenters. The molecule has 1 heterocycles. The van der Waals surface area contributed by atoms with E-state index in [-0.39, 0.29) is 22.9 Å². The smallest absolute Gasteiger partial charge is 0.239 e. The fourth-order valence-electron chi connectivity index (χ4n) is 2.52. The SMILES string of the molecule is CC(C)(C)CC(C)(C)NC(=O)C1COCCN1. The van der Waals surface area contributed by atoms with Gasteiger partial charge in [0, 0.05) is 12.1 Å². The Bertz CT molecular complexity index is 263. The Balaban J connectivity index is 2.48. The molecule has 17 heavy (non-hydrogen) atoms. The molecule has 1 amide bonds. The van der Waals surface area contributed by atoms with Gasteiger partial charge in [0.2, 0.25) is 5.91 Å². The molecular weight excluding hydrogens is 216 g/mol. The summed E-state index contributed by atoms with van der Waals surface area (Å²) in [7, 11) is 0. The van der Waals surface area contributed by atoms with Gasteiger partial charge >= 0.3 is 0 Å². The molecule has 0 aromatic heterocycles. The Hall–Kier alpha value is -0.610. The zero-order chi connectivity index (χ0) is 13.1. The Morgan fingerprint density at radius 3 is 2.47 bits per heavy atom. The highest BCUT2D eigenvalue weighted by molar-refractivity contribution is 5.82. The predicted molar refractivity (Wildman–Crippen MR) is 68.9 cm³/mol. The summed E-state index contributed by atoms with van der Waals surface area (Å²) >= 11 is 0. The molecule has 0 spiro atoms. The Morgan fingerprint density at radius 2 is 2.00 bits per heavy atom. The van der Waals surface area contributed by atoms with Gasteiger partial charge in [0.05, 0.1) is 13.2 Å². The van der Waals surface area contributed by atoms with Crippen molar-refractivity contribution >= 4 is 5.91 Å². The van der Waals surface area contributed by atoms with E-state index in [1.165, 1.54) is 0 Å². The monoisotopic (exact) mass is 242 g/mol. The van der Waals surface area contributed by atoms with Crippen LogP contribution in [0.3, 0.4) is 0 Å². The van der Waals surface area contributed by atoms with Crippen LogP contribution in [0.25, 0.3) is 0 Å². The van der Waals surface area contributed by atoms with Crippen LogP contribution in [0, 0.1) is 5.41 Å². The predicted octanol–water partition coefficient (Wildman–Crippen LogP) is 1.31. The van der Waals surface area contributed by atoms with Crippen LogP contribution in [-0.2, 0) is 9.53 Å². The zero-order valence-corrected chi connectivity index (χ0v) is 11.7. The number of amides is 1. The summed E-state index contributed by atoms with van der Waals surface area (Å²) in [4.78, 5) is 12.0. The Morgan fingerprint density at radius 1 is 1.35 bits per heavy atom. The van der Waals surface area contributed by atoms with Crippen molar-refractivity contribution in [3.05, 3.63) is 0 Å². The summed E-state index contributed by atoms with van der Waals surface area (Å²) in [6.45, 7) is 12.6. The average molecular weight is 242 g/mol. The van der Waals surface area contributed by atoms with Gasteiger partial charge in [0.25, 0.3) is 0 Å². The molecule has 0 aliphatic carbocycles. The number of hydrogen-bond acceptors (Lipinski definition) is 3. The highest BCUT2D eigenvalue weighted by Crippen LogP contribution is 2.26. The molecule has 4 nitrogen and oxygen atoms in total. The zero-order valence-electron chi connectivity index (χ0n) is 11.7. The Labute approximate surface area is 104 Å². The molecular formula is C13H26N2O2. The van der Waals surface area contributed by atoms with Crippen molar-refractivity contribution in [3.63, 3.8) is 0 Å². The summed E-state index contributed by atoms with van der Waals surface area (Å²) < 4.78 is 5.30. The quantitative estimate of drug-likeness (QED) is 0.784. The van der Waals surface area contributed by atoms with E-state index in [4.69, 9.17) is 4.74 Å². The first-order valence-corrected chi connectivity index (χ1v) is 6.33. The fraction of sp³-hybridized carbons (Fsp3) is 0.923. The van der Waals surface area contributed by atoms with E-state index in [0.29, 0.717) is 13.2 Å². The van der Waals surface area contributed by atoms with Gasteiger partial charge in [-0.15, -0.1) is 0 Å².